The average Bonchev–Trinajstić information content (AvgIpc) is 0.747. The molecule has 0 radical (unpaired) electrons. The Balaban J connectivity index is 1.06. The van der Waals surface area contributed by atoms with Gasteiger partial charge in [-0.3, -0.25) is 24.0 Å². The van der Waals surface area contributed by atoms with Crippen molar-refractivity contribution in [1.82, 2.24) is 10.6 Å². The Morgan fingerprint density at radius 3 is 1.27 bits per heavy atom. The lowest BCUT2D eigenvalue weighted by Gasteiger charge is -2.52. The van der Waals surface area contributed by atoms with Crippen LogP contribution in [0, 0.1) is 0 Å². The van der Waals surface area contributed by atoms with E-state index in [-0.39, 0.29) is 46.2 Å². The largest absolute Gasteiger partial charge is 0.457 e. The molecule has 3 N–H and O–H groups in total. The van der Waals surface area contributed by atoms with E-state index in [2.05, 4.69) is 31.4 Å². The minimum Gasteiger partial charge on any atom is -0.457 e. The van der Waals surface area contributed by atoms with E-state index < -0.39 is 183 Å². The first kappa shape index (κ1) is 94.3. The molecule has 25 nitrogen and oxygen atoms in total. The molecule has 0 aromatic heterocycles. The van der Waals surface area contributed by atoms with Crippen LogP contribution in [0.4, 0.5) is 0 Å². The van der Waals surface area contributed by atoms with Gasteiger partial charge in [0.15, 0.2) is 43.5 Å². The summed E-state index contributed by atoms with van der Waals surface area (Å²) in [6.45, 7) is 11.8. The van der Waals surface area contributed by atoms with Gasteiger partial charge in [0.1, 0.15) is 73.1 Å². The van der Waals surface area contributed by atoms with Gasteiger partial charge in [-0.2, -0.15) is 0 Å². The van der Waals surface area contributed by atoms with Crippen molar-refractivity contribution in [2.45, 2.75) is 246 Å². The molecule has 0 unspecified atom stereocenters. The first-order chi connectivity index (χ1) is 58.3. The number of nitrogens with one attached hydrogen (secondary N) is 2. The molecular weight excluding hydrogens is 1660 g/mol. The molecule has 0 aliphatic carbocycles. The van der Waals surface area contributed by atoms with E-state index in [0.29, 0.717) is 12.3 Å². The summed E-state index contributed by atoms with van der Waals surface area (Å²) in [7, 11) is -3.66. The van der Waals surface area contributed by atoms with Gasteiger partial charge < -0.3 is 96.0 Å². The Labute approximate surface area is 728 Å². The second-order valence-electron chi connectivity index (χ2n) is 31.3. The predicted octanol–water partition coefficient (Wildman–Crippen LogP) is 12.2. The van der Waals surface area contributed by atoms with Crippen molar-refractivity contribution in [2.24, 2.45) is 0 Å². The van der Waals surface area contributed by atoms with Crippen LogP contribution < -0.4 is 21.0 Å². The summed E-state index contributed by atoms with van der Waals surface area (Å²) < 4.78 is 115. The van der Waals surface area contributed by atoms with Crippen LogP contribution in [0.15, 0.2) is 212 Å². The Hall–Kier alpha value is -7.33. The van der Waals surface area contributed by atoms with Gasteiger partial charge in [0, 0.05) is 40.2 Å². The van der Waals surface area contributed by atoms with Crippen LogP contribution in [-0.2, 0) is 137 Å². The van der Waals surface area contributed by atoms with Crippen molar-refractivity contribution in [3.05, 3.63) is 240 Å². The topological polar surface area (TPSA) is 287 Å². The number of amides is 2. The predicted molar refractivity (Wildman–Crippen MR) is 453 cm³/mol. The number of hydrogen-bond acceptors (Lipinski definition) is 23. The highest BCUT2D eigenvalue weighted by atomic mass is 35.6. The molecule has 0 saturated carbocycles. The lowest BCUT2D eigenvalue weighted by Crippen LogP contribution is -2.72. The summed E-state index contributed by atoms with van der Waals surface area (Å²) in [5, 5.41) is 19.7. The SMILES string of the molecule is CC(=O)N[C@H]1[C@H](OCCCCCCCl)O[C@H](COCc2ccccc2)[C@@H](O[C@@H]2O[C@H](CO[Si](c3ccccc3)(c3ccccc3)C(C)(C)C)[C@H](OC(C)=O)[C@H](O[C@@H]3O[C@H](COCc4ccccc4)[C@@H](O[C@@H]4O[C@@H](C)[C@@H](OCc5ccccc5)[C@@H](OCc5ccccc5)[C@@H]4OCc4ccccc4)[C@H](OC(C)=O)[C@H]3NC(=O)C(Cl)(Cl)Cl)[C@H]2OC(C)=O)[C@@H]1O. The van der Waals surface area contributed by atoms with Crippen LogP contribution in [0.3, 0.4) is 0 Å². The minimum atomic E-state index is -3.66. The van der Waals surface area contributed by atoms with Gasteiger partial charge in [0.2, 0.25) is 5.91 Å². The van der Waals surface area contributed by atoms with E-state index in [1.165, 1.54) is 6.92 Å². The van der Waals surface area contributed by atoms with E-state index in [4.69, 9.17) is 127 Å². The number of unbranched alkanes of at least 4 members (excludes halogenated alkanes) is 3. The van der Waals surface area contributed by atoms with Gasteiger partial charge in [-0.05, 0) is 63.0 Å². The van der Waals surface area contributed by atoms with Gasteiger partial charge >= 0.3 is 17.9 Å². The van der Waals surface area contributed by atoms with E-state index in [0.717, 1.165) is 78.2 Å². The zero-order valence-corrected chi connectivity index (χ0v) is 73.1. The Morgan fingerprint density at radius 1 is 0.405 bits per heavy atom. The summed E-state index contributed by atoms with van der Waals surface area (Å²) >= 11 is 25.8. The Kier molecular flexibility index (Phi) is 35.9. The molecule has 30 heteroatoms. The molecule has 121 heavy (non-hydrogen) atoms. The van der Waals surface area contributed by atoms with E-state index in [9.17, 15) is 29.1 Å². The summed E-state index contributed by atoms with van der Waals surface area (Å²) in [6.07, 6.45) is -24.6. The first-order valence-electron chi connectivity index (χ1n) is 40.8. The summed E-state index contributed by atoms with van der Waals surface area (Å²) in [5.74, 6) is -4.17. The highest BCUT2D eigenvalue weighted by Crippen LogP contribution is 2.43. The normalized spacial score (nSPS) is 27.0. The highest BCUT2D eigenvalue weighted by Gasteiger charge is 2.61. The smallest absolute Gasteiger partial charge is 0.303 e. The first-order valence-corrected chi connectivity index (χ1v) is 44.4. The Bertz CT molecular complexity index is 4250. The van der Waals surface area contributed by atoms with Crippen molar-refractivity contribution in [3.8, 4) is 0 Å². The third-order valence-electron chi connectivity index (χ3n) is 21.2. The lowest BCUT2D eigenvalue weighted by atomic mass is 9.93. The maximum absolute atomic E-state index is 15.0. The number of hydrogen-bond donors (Lipinski definition) is 3. The monoisotopic (exact) mass is 1770 g/mol. The molecule has 4 aliphatic heterocycles. The number of esters is 3. The van der Waals surface area contributed by atoms with Gasteiger partial charge in [-0.1, -0.05) is 281 Å². The second-order valence-corrected chi connectivity index (χ2v) is 38.3. The molecule has 4 saturated heterocycles. The number of aliphatic hydroxyl groups is 1. The number of halogens is 4. The van der Waals surface area contributed by atoms with Crippen molar-refractivity contribution >= 4 is 94.8 Å². The highest BCUT2D eigenvalue weighted by molar-refractivity contribution is 6.99. The van der Waals surface area contributed by atoms with Crippen LogP contribution in [0.25, 0.3) is 0 Å². The Morgan fingerprint density at radius 2 is 0.802 bits per heavy atom. The van der Waals surface area contributed by atoms with Gasteiger partial charge in [0.05, 0.1) is 59.0 Å². The molecule has 7 aromatic rings. The van der Waals surface area contributed by atoms with Crippen LogP contribution in [0.5, 0.6) is 0 Å². The molecule has 2 amide bonds. The van der Waals surface area contributed by atoms with Gasteiger partial charge in [0.25, 0.3) is 18.0 Å². The van der Waals surface area contributed by atoms with Crippen LogP contribution in [0.1, 0.15) is 109 Å². The third kappa shape index (κ3) is 26.4. The minimum absolute atomic E-state index is 0.0151. The number of carbonyl (C=O) groups is 5. The molecule has 7 aromatic carbocycles. The summed E-state index contributed by atoms with van der Waals surface area (Å²) in [4.78, 5) is 71.6. The van der Waals surface area contributed by atoms with Crippen molar-refractivity contribution in [3.63, 3.8) is 0 Å². The van der Waals surface area contributed by atoms with Crippen LogP contribution in [0.2, 0.25) is 5.04 Å². The zero-order valence-electron chi connectivity index (χ0n) is 69.1. The fourth-order valence-corrected chi connectivity index (χ4v) is 20.5. The third-order valence-corrected chi connectivity index (χ3v) is 27.0. The molecule has 0 bridgehead atoms. The molecular formula is C91H110Cl4N2O23Si. The molecule has 4 fully saturated rings. The number of benzene rings is 7. The average molecular weight is 1770 g/mol. The number of carbonyl (C=O) groups excluding carboxylic acids is 5. The number of ether oxygens (including phenoxy) is 16. The lowest BCUT2D eigenvalue weighted by molar-refractivity contribution is -0.380. The molecule has 11 rings (SSSR count). The van der Waals surface area contributed by atoms with E-state index in [1.54, 1.807) is 6.92 Å². The van der Waals surface area contributed by atoms with Crippen molar-refractivity contribution in [2.75, 3.05) is 32.3 Å². The van der Waals surface area contributed by atoms with Gasteiger partial charge in [-0.25, -0.2) is 0 Å². The zero-order chi connectivity index (χ0) is 86.1. The quantitative estimate of drug-likeness (QED) is 0.0106. The summed E-state index contributed by atoms with van der Waals surface area (Å²) in [5.41, 5.74) is 3.98. The maximum Gasteiger partial charge on any atom is 0.303 e. The number of alkyl halides is 4. The van der Waals surface area contributed by atoms with Crippen molar-refractivity contribution in [1.29, 1.82) is 0 Å². The second kappa shape index (κ2) is 46.0. The van der Waals surface area contributed by atoms with E-state index in [1.807, 2.05) is 212 Å². The van der Waals surface area contributed by atoms with E-state index >= 15 is 0 Å². The number of aliphatic hydroxyl groups excluding tert-OH is 1. The van der Waals surface area contributed by atoms with Gasteiger partial charge in [-0.15, -0.1) is 11.6 Å². The molecule has 20 atom stereocenters. The maximum atomic E-state index is 15.0. The van der Waals surface area contributed by atoms with Crippen molar-refractivity contribution < 1.29 is 109 Å². The fraction of sp³-hybridized carbons (Fsp3) is 0.484. The molecule has 4 aliphatic rings. The van der Waals surface area contributed by atoms with Crippen LogP contribution in [-0.4, -0.2) is 202 Å². The fourth-order valence-electron chi connectivity index (χ4n) is 15.6. The molecule has 654 valence electrons. The summed E-state index contributed by atoms with van der Waals surface area (Å²) in [6, 6.07) is 63.2. The molecule has 0 spiro atoms. The van der Waals surface area contributed by atoms with Crippen LogP contribution >= 0.6 is 46.4 Å². The molecule has 4 heterocycles. The standard InChI is InChI=1S/C91H110Cl4N2O23Si/c1-58-76(107-52-65-38-22-13-23-39-65)81(108-53-66-40-24-14-25-41-66)83(109-54-67-42-26-15-27-43-67)87(111-58)119-78-71(56-105-51-64-36-20-12-21-37-64)116-86(74(80(78)113-61(4)100)97-89(103)91(93,94)95)120-82-79(112-60(3)99)72(57-110-121(90(6,7)8,68-44-28-16-29-45-68)69-46-30-17-31-47-69)117-88(84(82)114-62(5)101)118-77-70(55-104-50-63-34-18-11-19-35-63)115-85(73(75(77)102)96-59(2)98)106-49-33-10-9-32-48-92/h11-31,34-47,58,70-88,102H,9-10,32-33,48-57H2,1-8H3,(H,96,98)(H,97,103)/t58-,70+,71+,72+,73+,74+,75+,76+,77+,78+,79-,80+,81+,82-,83-,84+,85+,86-,87-,88-/m0/s1. The number of rotatable bonds is 40.